The molecule has 0 saturated carbocycles. The summed E-state index contributed by atoms with van der Waals surface area (Å²) in [6.07, 6.45) is -0.757. The molecule has 2 aromatic carbocycles. The topological polar surface area (TPSA) is 103 Å². The van der Waals surface area contributed by atoms with Gasteiger partial charge >= 0.3 is 12.1 Å². The van der Waals surface area contributed by atoms with Crippen LogP contribution < -0.4 is 10.6 Å². The van der Waals surface area contributed by atoms with Crippen LogP contribution in [0.4, 0.5) is 4.79 Å². The molecule has 0 fully saturated rings. The van der Waals surface area contributed by atoms with Gasteiger partial charge in [0.1, 0.15) is 24.8 Å². The fraction of sp³-hybridized carbons (Fsp3) is 0.375. The Morgan fingerprint density at radius 1 is 0.875 bits per heavy atom. The van der Waals surface area contributed by atoms with Crippen molar-refractivity contribution in [2.75, 3.05) is 13.2 Å². The highest BCUT2D eigenvalue weighted by molar-refractivity contribution is 5.88. The van der Waals surface area contributed by atoms with Crippen molar-refractivity contribution in [3.05, 3.63) is 71.8 Å². The van der Waals surface area contributed by atoms with E-state index in [0.717, 1.165) is 11.1 Å². The fourth-order valence-corrected chi connectivity index (χ4v) is 2.57. The van der Waals surface area contributed by atoms with Gasteiger partial charge in [-0.15, -0.1) is 0 Å². The zero-order valence-corrected chi connectivity index (χ0v) is 18.6. The molecule has 8 heteroatoms. The minimum absolute atomic E-state index is 0.0982. The van der Waals surface area contributed by atoms with Gasteiger partial charge in [-0.25, -0.2) is 4.79 Å². The zero-order valence-electron chi connectivity index (χ0n) is 18.6. The molecule has 0 aliphatic carbocycles. The lowest BCUT2D eigenvalue weighted by Gasteiger charge is -2.23. The molecule has 0 aliphatic rings. The molecule has 2 aromatic rings. The number of esters is 1. The Balaban J connectivity index is 1.86. The van der Waals surface area contributed by atoms with E-state index in [1.807, 2.05) is 60.7 Å². The molecule has 0 spiro atoms. The first-order valence-corrected chi connectivity index (χ1v) is 10.3. The molecule has 2 N–H and O–H groups in total. The maximum Gasteiger partial charge on any atom is 0.408 e. The summed E-state index contributed by atoms with van der Waals surface area (Å²) in [5.41, 5.74) is 1.04. The fourth-order valence-electron chi connectivity index (χ4n) is 2.57. The summed E-state index contributed by atoms with van der Waals surface area (Å²) in [6, 6.07) is 17.6. The highest BCUT2D eigenvalue weighted by Crippen LogP contribution is 2.07. The average molecular weight is 443 g/mol. The number of alkyl carbamates (subject to hydrolysis) is 1. The first kappa shape index (κ1) is 24.9. The van der Waals surface area contributed by atoms with Gasteiger partial charge in [-0.3, -0.25) is 9.59 Å². The molecule has 0 aromatic heterocycles. The number of carbonyl (C=O) groups is 3. The molecule has 32 heavy (non-hydrogen) atoms. The molecule has 0 radical (unpaired) electrons. The number of rotatable bonds is 10. The molecule has 172 valence electrons. The Labute approximate surface area is 188 Å². The van der Waals surface area contributed by atoms with Crippen LogP contribution in [-0.2, 0) is 37.0 Å². The second kappa shape index (κ2) is 12.5. The van der Waals surface area contributed by atoms with Crippen molar-refractivity contribution in [1.82, 2.24) is 10.6 Å². The van der Waals surface area contributed by atoms with E-state index in [0.29, 0.717) is 0 Å². The van der Waals surface area contributed by atoms with Gasteiger partial charge in [0, 0.05) is 0 Å². The summed E-state index contributed by atoms with van der Waals surface area (Å²) in [4.78, 5) is 36.7. The quantitative estimate of drug-likeness (QED) is 0.549. The van der Waals surface area contributed by atoms with Crippen LogP contribution in [0.3, 0.4) is 0 Å². The Hall–Kier alpha value is -3.39. The van der Waals surface area contributed by atoms with E-state index in [2.05, 4.69) is 10.6 Å². The molecule has 0 unspecified atom stereocenters. The second-order valence-corrected chi connectivity index (χ2v) is 8.06. The molecule has 8 nitrogen and oxygen atoms in total. The average Bonchev–Trinajstić information content (AvgIpc) is 2.75. The SMILES string of the molecule is CC(C)(C)OC(=O)N[C@@H](COCc1ccccc1)C(=O)NCC(=O)OCc1ccccc1. The van der Waals surface area contributed by atoms with Crippen LogP contribution in [-0.4, -0.2) is 42.8 Å². The third kappa shape index (κ3) is 10.1. The second-order valence-electron chi connectivity index (χ2n) is 8.06. The van der Waals surface area contributed by atoms with Gasteiger partial charge in [-0.05, 0) is 31.9 Å². The van der Waals surface area contributed by atoms with E-state index >= 15 is 0 Å². The summed E-state index contributed by atoms with van der Waals surface area (Å²) in [5, 5.41) is 4.96. The van der Waals surface area contributed by atoms with Crippen LogP contribution in [0.1, 0.15) is 31.9 Å². The van der Waals surface area contributed by atoms with Gasteiger partial charge in [-0.1, -0.05) is 60.7 Å². The molecular formula is C24H30N2O6. The number of ether oxygens (including phenoxy) is 3. The lowest BCUT2D eigenvalue weighted by atomic mass is 10.2. The highest BCUT2D eigenvalue weighted by Gasteiger charge is 2.25. The van der Waals surface area contributed by atoms with Gasteiger partial charge in [0.25, 0.3) is 0 Å². The zero-order chi connectivity index (χ0) is 23.4. The predicted octanol–water partition coefficient (Wildman–Crippen LogP) is 2.96. The number of amides is 2. The van der Waals surface area contributed by atoms with Crippen LogP contribution in [0.2, 0.25) is 0 Å². The molecule has 2 rings (SSSR count). The van der Waals surface area contributed by atoms with E-state index in [9.17, 15) is 14.4 Å². The van der Waals surface area contributed by atoms with Gasteiger partial charge in [0.05, 0.1) is 13.2 Å². The maximum absolute atomic E-state index is 12.6. The van der Waals surface area contributed by atoms with Crippen molar-refractivity contribution in [3.63, 3.8) is 0 Å². The molecule has 0 bridgehead atoms. The molecular weight excluding hydrogens is 412 g/mol. The van der Waals surface area contributed by atoms with Crippen LogP contribution in [0.15, 0.2) is 60.7 Å². The number of benzene rings is 2. The Morgan fingerprint density at radius 2 is 1.44 bits per heavy atom. The number of nitrogens with one attached hydrogen (secondary N) is 2. The minimum atomic E-state index is -1.05. The standard InChI is InChI=1S/C24H30N2O6/c1-24(2,3)32-23(29)26-20(17-30-15-18-10-6-4-7-11-18)22(28)25-14-21(27)31-16-19-12-8-5-9-13-19/h4-13,20H,14-17H2,1-3H3,(H,25,28)(H,26,29)/t20-/m0/s1. The smallest absolute Gasteiger partial charge is 0.408 e. The van der Waals surface area contributed by atoms with Crippen molar-refractivity contribution < 1.29 is 28.6 Å². The maximum atomic E-state index is 12.6. The molecule has 0 saturated heterocycles. The number of hydrogen-bond acceptors (Lipinski definition) is 6. The largest absolute Gasteiger partial charge is 0.460 e. The summed E-state index contributed by atoms with van der Waals surface area (Å²) in [6.45, 7) is 5.09. The summed E-state index contributed by atoms with van der Waals surface area (Å²) in [7, 11) is 0. The van der Waals surface area contributed by atoms with Gasteiger partial charge in [0.15, 0.2) is 0 Å². The molecule has 0 heterocycles. The van der Waals surface area contributed by atoms with Gasteiger partial charge < -0.3 is 24.8 Å². The summed E-state index contributed by atoms with van der Waals surface area (Å²) in [5.74, 6) is -1.18. The highest BCUT2D eigenvalue weighted by atomic mass is 16.6. The van der Waals surface area contributed by atoms with Gasteiger partial charge in [0.2, 0.25) is 5.91 Å². The van der Waals surface area contributed by atoms with E-state index in [4.69, 9.17) is 14.2 Å². The minimum Gasteiger partial charge on any atom is -0.460 e. The number of carbonyl (C=O) groups excluding carboxylic acids is 3. The van der Waals surface area contributed by atoms with Crippen LogP contribution in [0, 0.1) is 0 Å². The predicted molar refractivity (Wildman–Crippen MR) is 119 cm³/mol. The van der Waals surface area contributed by atoms with Crippen LogP contribution >= 0.6 is 0 Å². The van der Waals surface area contributed by atoms with E-state index in [1.165, 1.54) is 0 Å². The summed E-state index contributed by atoms with van der Waals surface area (Å²) < 4.78 is 16.0. The van der Waals surface area contributed by atoms with Crippen molar-refractivity contribution in [2.45, 2.75) is 45.6 Å². The lowest BCUT2D eigenvalue weighted by Crippen LogP contribution is -2.51. The van der Waals surface area contributed by atoms with E-state index in [1.54, 1.807) is 20.8 Å². The van der Waals surface area contributed by atoms with E-state index in [-0.39, 0.29) is 26.4 Å². The first-order valence-electron chi connectivity index (χ1n) is 10.3. The first-order chi connectivity index (χ1) is 15.2. The normalized spacial score (nSPS) is 11.8. The monoisotopic (exact) mass is 442 g/mol. The third-order valence-electron chi connectivity index (χ3n) is 4.05. The molecule has 1 atom stereocenters. The van der Waals surface area contributed by atoms with Crippen molar-refractivity contribution in [1.29, 1.82) is 0 Å². The van der Waals surface area contributed by atoms with E-state index < -0.39 is 29.6 Å². The van der Waals surface area contributed by atoms with Crippen molar-refractivity contribution >= 4 is 18.0 Å². The molecule has 2 amide bonds. The Kier molecular flexibility index (Phi) is 9.69. The van der Waals surface area contributed by atoms with Crippen LogP contribution in [0.25, 0.3) is 0 Å². The third-order valence-corrected chi connectivity index (χ3v) is 4.05. The van der Waals surface area contributed by atoms with Gasteiger partial charge in [-0.2, -0.15) is 0 Å². The number of hydrogen-bond donors (Lipinski definition) is 2. The lowest BCUT2D eigenvalue weighted by molar-refractivity contribution is -0.145. The van der Waals surface area contributed by atoms with Crippen molar-refractivity contribution in [2.24, 2.45) is 0 Å². The Morgan fingerprint density at radius 3 is 2.00 bits per heavy atom. The van der Waals surface area contributed by atoms with Crippen molar-refractivity contribution in [3.8, 4) is 0 Å². The molecule has 0 aliphatic heterocycles. The summed E-state index contributed by atoms with van der Waals surface area (Å²) >= 11 is 0. The van der Waals surface area contributed by atoms with Crippen LogP contribution in [0.5, 0.6) is 0 Å². The Bertz CT molecular complexity index is 865.